The first-order chi connectivity index (χ1) is 5.21. The Hall–Kier alpha value is -0.0400. The summed E-state index contributed by atoms with van der Waals surface area (Å²) in [5.41, 5.74) is 0.306. The SMILES string of the molecule is CC1CCC(C2(C)CO2)CC1. The summed E-state index contributed by atoms with van der Waals surface area (Å²) in [6.07, 6.45) is 5.64. The van der Waals surface area contributed by atoms with E-state index in [1.54, 1.807) is 0 Å². The molecule has 1 atom stereocenters. The Bertz CT molecular complexity index is 141. The molecular formula is C10H18O. The highest BCUT2D eigenvalue weighted by molar-refractivity contribution is 4.95. The van der Waals surface area contributed by atoms with Crippen molar-refractivity contribution in [2.75, 3.05) is 6.61 Å². The molecule has 2 aliphatic rings. The topological polar surface area (TPSA) is 12.5 Å². The normalized spacial score (nSPS) is 50.7. The summed E-state index contributed by atoms with van der Waals surface area (Å²) in [4.78, 5) is 0. The van der Waals surface area contributed by atoms with Crippen LogP contribution >= 0.6 is 0 Å². The Kier molecular flexibility index (Phi) is 1.71. The quantitative estimate of drug-likeness (QED) is 0.529. The summed E-state index contributed by atoms with van der Waals surface area (Å²) in [6, 6.07) is 0. The summed E-state index contributed by atoms with van der Waals surface area (Å²) >= 11 is 0. The average molecular weight is 154 g/mol. The highest BCUT2D eigenvalue weighted by atomic mass is 16.6. The maximum atomic E-state index is 5.47. The van der Waals surface area contributed by atoms with Gasteiger partial charge >= 0.3 is 0 Å². The monoisotopic (exact) mass is 154 g/mol. The smallest absolute Gasteiger partial charge is 0.0916 e. The molecule has 0 aromatic rings. The van der Waals surface area contributed by atoms with Crippen molar-refractivity contribution >= 4 is 0 Å². The molecule has 0 spiro atoms. The van der Waals surface area contributed by atoms with Crippen molar-refractivity contribution < 1.29 is 4.74 Å². The van der Waals surface area contributed by atoms with Crippen molar-refractivity contribution in [3.8, 4) is 0 Å². The van der Waals surface area contributed by atoms with Gasteiger partial charge in [-0.1, -0.05) is 19.8 Å². The van der Waals surface area contributed by atoms with E-state index >= 15 is 0 Å². The lowest BCUT2D eigenvalue weighted by molar-refractivity contribution is 0.169. The molecule has 11 heavy (non-hydrogen) atoms. The lowest BCUT2D eigenvalue weighted by atomic mass is 9.77. The van der Waals surface area contributed by atoms with Gasteiger partial charge in [0.15, 0.2) is 0 Å². The molecule has 1 nitrogen and oxygen atoms in total. The van der Waals surface area contributed by atoms with E-state index in [4.69, 9.17) is 4.74 Å². The highest BCUT2D eigenvalue weighted by Gasteiger charge is 2.47. The second-order valence-corrected chi connectivity index (χ2v) is 4.56. The Morgan fingerprint density at radius 3 is 2.18 bits per heavy atom. The van der Waals surface area contributed by atoms with Gasteiger partial charge in [0.25, 0.3) is 0 Å². The third-order valence-corrected chi connectivity index (χ3v) is 3.48. The molecule has 1 aliphatic carbocycles. The Morgan fingerprint density at radius 2 is 1.73 bits per heavy atom. The van der Waals surface area contributed by atoms with Crippen LogP contribution in [-0.2, 0) is 4.74 Å². The number of hydrogen-bond donors (Lipinski definition) is 0. The summed E-state index contributed by atoms with van der Waals surface area (Å²) in [5, 5.41) is 0. The molecule has 2 fully saturated rings. The molecule has 1 aliphatic heterocycles. The molecule has 0 bridgehead atoms. The zero-order valence-electron chi connectivity index (χ0n) is 7.60. The lowest BCUT2D eigenvalue weighted by Gasteiger charge is -2.28. The van der Waals surface area contributed by atoms with Crippen LogP contribution in [0.25, 0.3) is 0 Å². The zero-order chi connectivity index (χ0) is 7.90. The van der Waals surface area contributed by atoms with E-state index < -0.39 is 0 Å². The van der Waals surface area contributed by atoms with Gasteiger partial charge in [-0.2, -0.15) is 0 Å². The number of rotatable bonds is 1. The standard InChI is InChI=1S/C10H18O/c1-8-3-5-9(6-4-8)10(2)7-11-10/h8-9H,3-7H2,1-2H3. The molecule has 0 amide bonds. The van der Waals surface area contributed by atoms with Crippen molar-refractivity contribution in [2.24, 2.45) is 11.8 Å². The fourth-order valence-corrected chi connectivity index (χ4v) is 2.22. The largest absolute Gasteiger partial charge is 0.370 e. The van der Waals surface area contributed by atoms with Crippen molar-refractivity contribution in [1.29, 1.82) is 0 Å². The second-order valence-electron chi connectivity index (χ2n) is 4.56. The molecule has 0 aromatic carbocycles. The third kappa shape index (κ3) is 1.44. The van der Waals surface area contributed by atoms with Gasteiger partial charge in [0, 0.05) is 0 Å². The van der Waals surface area contributed by atoms with E-state index in [1.807, 2.05) is 0 Å². The molecular weight excluding hydrogens is 136 g/mol. The van der Waals surface area contributed by atoms with Crippen molar-refractivity contribution in [2.45, 2.75) is 45.1 Å². The maximum Gasteiger partial charge on any atom is 0.0916 e. The van der Waals surface area contributed by atoms with Gasteiger partial charge in [0.1, 0.15) is 0 Å². The minimum Gasteiger partial charge on any atom is -0.370 e. The van der Waals surface area contributed by atoms with E-state index in [0.717, 1.165) is 18.4 Å². The lowest BCUT2D eigenvalue weighted by Crippen LogP contribution is -2.25. The summed E-state index contributed by atoms with van der Waals surface area (Å²) in [6.45, 7) is 5.66. The first-order valence-electron chi connectivity index (χ1n) is 4.85. The van der Waals surface area contributed by atoms with E-state index in [1.165, 1.54) is 25.7 Å². The average Bonchev–Trinajstić information content (AvgIpc) is 2.70. The van der Waals surface area contributed by atoms with Crippen LogP contribution in [0.3, 0.4) is 0 Å². The number of epoxide rings is 1. The maximum absolute atomic E-state index is 5.47. The van der Waals surface area contributed by atoms with Crippen molar-refractivity contribution in [1.82, 2.24) is 0 Å². The van der Waals surface area contributed by atoms with Crippen LogP contribution in [0.4, 0.5) is 0 Å². The van der Waals surface area contributed by atoms with Crippen LogP contribution < -0.4 is 0 Å². The van der Waals surface area contributed by atoms with Gasteiger partial charge in [-0.05, 0) is 31.6 Å². The molecule has 1 heteroatoms. The van der Waals surface area contributed by atoms with Gasteiger partial charge in [-0.15, -0.1) is 0 Å². The van der Waals surface area contributed by atoms with Crippen LogP contribution in [0, 0.1) is 11.8 Å². The molecule has 0 N–H and O–H groups in total. The van der Waals surface area contributed by atoms with E-state index in [9.17, 15) is 0 Å². The van der Waals surface area contributed by atoms with Crippen molar-refractivity contribution in [3.05, 3.63) is 0 Å². The predicted molar refractivity (Wildman–Crippen MR) is 45.5 cm³/mol. The van der Waals surface area contributed by atoms with Crippen LogP contribution in [0.1, 0.15) is 39.5 Å². The van der Waals surface area contributed by atoms with Crippen LogP contribution in [0.5, 0.6) is 0 Å². The first-order valence-corrected chi connectivity index (χ1v) is 4.85. The predicted octanol–water partition coefficient (Wildman–Crippen LogP) is 2.60. The van der Waals surface area contributed by atoms with Crippen LogP contribution in [0.2, 0.25) is 0 Å². The highest BCUT2D eigenvalue weighted by Crippen LogP contribution is 2.43. The second kappa shape index (κ2) is 2.48. The summed E-state index contributed by atoms with van der Waals surface area (Å²) < 4.78 is 5.47. The van der Waals surface area contributed by atoms with E-state index in [0.29, 0.717) is 5.60 Å². The minimum atomic E-state index is 0.306. The molecule has 1 saturated heterocycles. The van der Waals surface area contributed by atoms with Crippen LogP contribution in [0.15, 0.2) is 0 Å². The van der Waals surface area contributed by atoms with Gasteiger partial charge < -0.3 is 4.74 Å². The Balaban J connectivity index is 1.87. The fourth-order valence-electron chi connectivity index (χ4n) is 2.22. The molecule has 2 rings (SSSR count). The molecule has 1 heterocycles. The van der Waals surface area contributed by atoms with Crippen LogP contribution in [-0.4, -0.2) is 12.2 Å². The van der Waals surface area contributed by atoms with Gasteiger partial charge in [-0.25, -0.2) is 0 Å². The molecule has 0 radical (unpaired) electrons. The van der Waals surface area contributed by atoms with Gasteiger partial charge in [0.05, 0.1) is 12.2 Å². The van der Waals surface area contributed by atoms with E-state index in [-0.39, 0.29) is 0 Å². The number of hydrogen-bond acceptors (Lipinski definition) is 1. The molecule has 1 saturated carbocycles. The summed E-state index contributed by atoms with van der Waals surface area (Å²) in [5.74, 6) is 1.84. The zero-order valence-corrected chi connectivity index (χ0v) is 7.60. The van der Waals surface area contributed by atoms with Crippen molar-refractivity contribution in [3.63, 3.8) is 0 Å². The minimum absolute atomic E-state index is 0.306. The summed E-state index contributed by atoms with van der Waals surface area (Å²) in [7, 11) is 0. The molecule has 1 unspecified atom stereocenters. The Labute approximate surface area is 69.1 Å². The van der Waals surface area contributed by atoms with E-state index in [2.05, 4.69) is 13.8 Å². The first kappa shape index (κ1) is 7.60. The number of ether oxygens (including phenoxy) is 1. The molecule has 64 valence electrons. The van der Waals surface area contributed by atoms with Gasteiger partial charge in [-0.3, -0.25) is 0 Å². The van der Waals surface area contributed by atoms with Gasteiger partial charge in [0.2, 0.25) is 0 Å². The fraction of sp³-hybridized carbons (Fsp3) is 1.00. The molecule has 0 aromatic heterocycles. The third-order valence-electron chi connectivity index (χ3n) is 3.48. The Morgan fingerprint density at radius 1 is 1.18 bits per heavy atom.